The van der Waals surface area contributed by atoms with Crippen LogP contribution in [0, 0.1) is 0 Å². The van der Waals surface area contributed by atoms with Crippen LogP contribution in [0.5, 0.6) is 0 Å². The predicted molar refractivity (Wildman–Crippen MR) is 81.3 cm³/mol. The molecule has 4 nitrogen and oxygen atoms in total. The van der Waals surface area contributed by atoms with Crippen molar-refractivity contribution in [3.8, 4) is 0 Å². The predicted octanol–water partition coefficient (Wildman–Crippen LogP) is 3.28. The molecular formula is C17H15NO3. The van der Waals surface area contributed by atoms with Crippen molar-refractivity contribution in [1.29, 1.82) is 0 Å². The molecule has 0 saturated heterocycles. The maximum absolute atomic E-state index is 11.9. The van der Waals surface area contributed by atoms with E-state index >= 15 is 0 Å². The first kappa shape index (κ1) is 14.5. The molecule has 106 valence electrons. The summed E-state index contributed by atoms with van der Waals surface area (Å²) in [7, 11) is 1.33. The van der Waals surface area contributed by atoms with Gasteiger partial charge in [-0.15, -0.1) is 0 Å². The Balaban J connectivity index is 2.08. The van der Waals surface area contributed by atoms with Gasteiger partial charge in [-0.05, 0) is 12.1 Å². The van der Waals surface area contributed by atoms with Gasteiger partial charge < -0.3 is 10.1 Å². The van der Waals surface area contributed by atoms with Gasteiger partial charge in [-0.3, -0.25) is 4.79 Å². The van der Waals surface area contributed by atoms with Gasteiger partial charge in [0.05, 0.1) is 18.4 Å². The van der Waals surface area contributed by atoms with Crippen molar-refractivity contribution in [3.63, 3.8) is 0 Å². The van der Waals surface area contributed by atoms with Crippen LogP contribution in [-0.2, 0) is 4.74 Å². The Bertz CT molecular complexity index is 663. The summed E-state index contributed by atoms with van der Waals surface area (Å²) in [5, 5.41) is 2.93. The molecule has 4 heteroatoms. The van der Waals surface area contributed by atoms with Gasteiger partial charge in [0.1, 0.15) is 0 Å². The van der Waals surface area contributed by atoms with Crippen LogP contribution in [0.15, 0.2) is 66.9 Å². The molecule has 0 aliphatic rings. The molecule has 0 aliphatic heterocycles. The largest absolute Gasteiger partial charge is 0.465 e. The third-order valence-electron chi connectivity index (χ3n) is 2.86. The van der Waals surface area contributed by atoms with Gasteiger partial charge in [-0.2, -0.15) is 0 Å². The number of ketones is 1. The number of methoxy groups -OCH3 is 1. The third kappa shape index (κ3) is 3.79. The van der Waals surface area contributed by atoms with Gasteiger partial charge in [-0.1, -0.05) is 42.5 Å². The van der Waals surface area contributed by atoms with E-state index in [1.165, 1.54) is 19.4 Å². The van der Waals surface area contributed by atoms with Crippen LogP contribution < -0.4 is 5.32 Å². The molecule has 1 N–H and O–H groups in total. The Morgan fingerprint density at radius 3 is 2.38 bits per heavy atom. The average Bonchev–Trinajstić information content (AvgIpc) is 2.55. The van der Waals surface area contributed by atoms with Crippen molar-refractivity contribution in [2.75, 3.05) is 12.4 Å². The number of hydrogen-bond donors (Lipinski definition) is 1. The first-order chi connectivity index (χ1) is 10.2. The SMILES string of the molecule is COC(=O)c1ccccc1NC=CC(=O)c1ccccc1. The lowest BCUT2D eigenvalue weighted by Gasteiger charge is -2.06. The maximum atomic E-state index is 11.9. The monoisotopic (exact) mass is 281 g/mol. The molecule has 21 heavy (non-hydrogen) atoms. The van der Waals surface area contributed by atoms with Crippen molar-refractivity contribution >= 4 is 17.4 Å². The van der Waals surface area contributed by atoms with Crippen molar-refractivity contribution in [2.45, 2.75) is 0 Å². The number of allylic oxidation sites excluding steroid dienone is 1. The summed E-state index contributed by atoms with van der Waals surface area (Å²) < 4.78 is 4.70. The summed E-state index contributed by atoms with van der Waals surface area (Å²) in [5.74, 6) is -0.542. The lowest BCUT2D eigenvalue weighted by molar-refractivity contribution is 0.0602. The number of hydrogen-bond acceptors (Lipinski definition) is 4. The molecule has 0 aliphatic carbocycles. The minimum Gasteiger partial charge on any atom is -0.465 e. The number of carbonyl (C=O) groups is 2. The van der Waals surface area contributed by atoms with Crippen molar-refractivity contribution < 1.29 is 14.3 Å². The molecule has 0 spiro atoms. The fraction of sp³-hybridized carbons (Fsp3) is 0.0588. The zero-order valence-electron chi connectivity index (χ0n) is 11.6. The number of nitrogens with one attached hydrogen (secondary N) is 1. The Morgan fingerprint density at radius 2 is 1.67 bits per heavy atom. The van der Waals surface area contributed by atoms with E-state index in [1.807, 2.05) is 6.07 Å². The zero-order valence-corrected chi connectivity index (χ0v) is 11.6. The number of benzene rings is 2. The second-order valence-electron chi connectivity index (χ2n) is 4.25. The molecule has 0 saturated carbocycles. The molecule has 0 amide bonds. The molecule has 0 aromatic heterocycles. The highest BCUT2D eigenvalue weighted by atomic mass is 16.5. The highest BCUT2D eigenvalue weighted by molar-refractivity contribution is 6.04. The minimum atomic E-state index is -0.430. The molecule has 2 rings (SSSR count). The molecule has 0 atom stereocenters. The van der Waals surface area contributed by atoms with Crippen LogP contribution in [0.25, 0.3) is 0 Å². The highest BCUT2D eigenvalue weighted by Crippen LogP contribution is 2.16. The summed E-state index contributed by atoms with van der Waals surface area (Å²) in [6, 6.07) is 15.9. The van der Waals surface area contributed by atoms with E-state index in [-0.39, 0.29) is 5.78 Å². The molecule has 0 radical (unpaired) electrons. The van der Waals surface area contributed by atoms with E-state index in [4.69, 9.17) is 4.74 Å². The number of ether oxygens (including phenoxy) is 1. The molecular weight excluding hydrogens is 266 g/mol. The number of para-hydroxylation sites is 1. The molecule has 0 fully saturated rings. The smallest absolute Gasteiger partial charge is 0.339 e. The fourth-order valence-electron chi connectivity index (χ4n) is 1.80. The van der Waals surface area contributed by atoms with E-state index in [0.29, 0.717) is 16.8 Å². The van der Waals surface area contributed by atoms with E-state index in [0.717, 1.165) is 0 Å². The van der Waals surface area contributed by atoms with E-state index in [9.17, 15) is 9.59 Å². The van der Waals surface area contributed by atoms with Crippen molar-refractivity contribution in [1.82, 2.24) is 0 Å². The molecule has 0 unspecified atom stereocenters. The van der Waals surface area contributed by atoms with Gasteiger partial charge in [0.15, 0.2) is 5.78 Å². The van der Waals surface area contributed by atoms with Crippen molar-refractivity contribution in [3.05, 3.63) is 78.0 Å². The second-order valence-corrected chi connectivity index (χ2v) is 4.25. The number of carbonyl (C=O) groups excluding carboxylic acids is 2. The maximum Gasteiger partial charge on any atom is 0.339 e. The standard InChI is InChI=1S/C17H15NO3/c1-21-17(20)14-9-5-6-10-15(14)18-12-11-16(19)13-7-3-2-4-8-13/h2-12,18H,1H3. The van der Waals surface area contributed by atoms with E-state index < -0.39 is 5.97 Å². The van der Waals surface area contributed by atoms with Gasteiger partial charge in [-0.25, -0.2) is 4.79 Å². The van der Waals surface area contributed by atoms with Gasteiger partial charge in [0.25, 0.3) is 0 Å². The molecule has 0 heterocycles. The van der Waals surface area contributed by atoms with Crippen LogP contribution in [-0.4, -0.2) is 18.9 Å². The van der Waals surface area contributed by atoms with Gasteiger partial charge in [0, 0.05) is 17.8 Å². The number of esters is 1. The lowest BCUT2D eigenvalue weighted by atomic mass is 10.1. The normalized spacial score (nSPS) is 10.3. The Hall–Kier alpha value is -2.88. The van der Waals surface area contributed by atoms with Crippen LogP contribution in [0.4, 0.5) is 5.69 Å². The third-order valence-corrected chi connectivity index (χ3v) is 2.86. The van der Waals surface area contributed by atoms with E-state index in [1.54, 1.807) is 48.5 Å². The summed E-state index contributed by atoms with van der Waals surface area (Å²) in [4.78, 5) is 23.5. The van der Waals surface area contributed by atoms with Crippen molar-refractivity contribution in [2.24, 2.45) is 0 Å². The first-order valence-electron chi connectivity index (χ1n) is 6.42. The molecule has 2 aromatic carbocycles. The Morgan fingerprint density at radius 1 is 1.00 bits per heavy atom. The molecule has 0 bridgehead atoms. The Kier molecular flexibility index (Phi) is 4.88. The number of rotatable bonds is 5. The minimum absolute atomic E-state index is 0.112. The quantitative estimate of drug-likeness (QED) is 0.519. The van der Waals surface area contributed by atoms with Gasteiger partial charge in [0.2, 0.25) is 0 Å². The summed E-state index contributed by atoms with van der Waals surface area (Å²) >= 11 is 0. The van der Waals surface area contributed by atoms with Crippen LogP contribution in [0.1, 0.15) is 20.7 Å². The average molecular weight is 281 g/mol. The van der Waals surface area contributed by atoms with E-state index in [2.05, 4.69) is 5.32 Å². The summed E-state index contributed by atoms with van der Waals surface area (Å²) in [6.45, 7) is 0. The molecule has 2 aromatic rings. The Labute approximate surface area is 123 Å². The zero-order chi connectivity index (χ0) is 15.1. The number of anilines is 1. The second kappa shape index (κ2) is 7.05. The topological polar surface area (TPSA) is 55.4 Å². The summed E-state index contributed by atoms with van der Waals surface area (Å²) in [5.41, 5.74) is 1.61. The summed E-state index contributed by atoms with van der Waals surface area (Å²) in [6.07, 6.45) is 2.93. The lowest BCUT2D eigenvalue weighted by Crippen LogP contribution is -2.05. The fourth-order valence-corrected chi connectivity index (χ4v) is 1.80. The van der Waals surface area contributed by atoms with Crippen LogP contribution >= 0.6 is 0 Å². The van der Waals surface area contributed by atoms with Gasteiger partial charge >= 0.3 is 5.97 Å². The first-order valence-corrected chi connectivity index (χ1v) is 6.42. The van der Waals surface area contributed by atoms with Crippen LogP contribution in [0.3, 0.4) is 0 Å². The highest BCUT2D eigenvalue weighted by Gasteiger charge is 2.09. The van der Waals surface area contributed by atoms with Crippen LogP contribution in [0.2, 0.25) is 0 Å².